The number of nitrogens with one attached hydrogen (secondary N) is 1. The van der Waals surface area contributed by atoms with Gasteiger partial charge in [-0.05, 0) is 34.6 Å². The molecule has 97 valence electrons. The molecule has 0 bridgehead atoms. The summed E-state index contributed by atoms with van der Waals surface area (Å²) in [7, 11) is 0. The zero-order valence-corrected chi connectivity index (χ0v) is 11.5. The van der Waals surface area contributed by atoms with E-state index < -0.39 is 17.2 Å². The Morgan fingerprint density at radius 2 is 1.94 bits per heavy atom. The Balaban J connectivity index is 3.15. The van der Waals surface area contributed by atoms with Gasteiger partial charge >= 0.3 is 5.97 Å². The Bertz CT molecular complexity index is 364. The third-order valence-electron chi connectivity index (χ3n) is 2.73. The first kappa shape index (κ1) is 14.3. The average Bonchev–Trinajstić information content (AvgIpc) is 2.38. The molecular weight excluding hydrogens is 244 g/mol. The summed E-state index contributed by atoms with van der Waals surface area (Å²) < 4.78 is 4.82. The molecule has 0 amide bonds. The van der Waals surface area contributed by atoms with E-state index in [1.54, 1.807) is 34.6 Å². The molecule has 1 aliphatic rings. The van der Waals surface area contributed by atoms with Gasteiger partial charge < -0.3 is 10.1 Å². The van der Waals surface area contributed by atoms with Crippen LogP contribution in [0.3, 0.4) is 0 Å². The Hall–Kier alpha value is -0.780. The topological polar surface area (TPSA) is 61.5 Å². The second-order valence-corrected chi connectivity index (χ2v) is 5.32. The van der Waals surface area contributed by atoms with Crippen LogP contribution >= 0.6 is 11.6 Å². The van der Waals surface area contributed by atoms with Crippen molar-refractivity contribution < 1.29 is 14.7 Å². The summed E-state index contributed by atoms with van der Waals surface area (Å²) in [6.45, 7) is 8.81. The summed E-state index contributed by atoms with van der Waals surface area (Å²) in [5.41, 5.74) is -1.28. The van der Waals surface area contributed by atoms with E-state index in [1.165, 1.54) is 0 Å². The van der Waals surface area contributed by atoms with Crippen LogP contribution in [0.5, 0.6) is 0 Å². The van der Waals surface area contributed by atoms with Crippen molar-refractivity contribution in [1.29, 1.82) is 0 Å². The van der Waals surface area contributed by atoms with Gasteiger partial charge in [0.1, 0.15) is 10.7 Å². The fraction of sp³-hybridized carbons (Fsp3) is 0.727. The van der Waals surface area contributed by atoms with Gasteiger partial charge in [0.2, 0.25) is 0 Å². The van der Waals surface area contributed by atoms with Crippen molar-refractivity contribution in [2.45, 2.75) is 45.8 Å². The molecule has 0 saturated carbocycles. The van der Waals surface area contributed by atoms with Crippen LogP contribution in [0.15, 0.2) is 10.7 Å². The highest BCUT2D eigenvalue weighted by molar-refractivity contribution is 6.41. The van der Waals surface area contributed by atoms with E-state index in [4.69, 9.17) is 16.3 Å². The maximum Gasteiger partial charge on any atom is 0.351 e. The highest BCUT2D eigenvalue weighted by atomic mass is 35.5. The predicted octanol–water partition coefficient (Wildman–Crippen LogP) is 1.77. The molecule has 0 aromatic carbocycles. The van der Waals surface area contributed by atoms with Crippen LogP contribution in [0, 0.1) is 0 Å². The zero-order chi connectivity index (χ0) is 13.4. The van der Waals surface area contributed by atoms with E-state index >= 15 is 0 Å². The van der Waals surface area contributed by atoms with Gasteiger partial charge in [0.25, 0.3) is 0 Å². The van der Waals surface area contributed by atoms with Gasteiger partial charge in [0.05, 0.1) is 17.8 Å². The lowest BCUT2D eigenvalue weighted by Gasteiger charge is -2.29. The number of ether oxygens (including phenoxy) is 1. The van der Waals surface area contributed by atoms with Crippen molar-refractivity contribution in [3.63, 3.8) is 0 Å². The highest BCUT2D eigenvalue weighted by Crippen LogP contribution is 2.37. The molecule has 0 aliphatic carbocycles. The van der Waals surface area contributed by atoms with Crippen molar-refractivity contribution in [2.24, 2.45) is 0 Å². The maximum atomic E-state index is 12.1. The minimum atomic E-state index is -0.882. The first-order chi connectivity index (χ1) is 7.64. The van der Waals surface area contributed by atoms with Crippen molar-refractivity contribution in [1.82, 2.24) is 10.4 Å². The minimum Gasteiger partial charge on any atom is -0.462 e. The molecule has 1 radical (unpaired) electrons. The number of carbonyl (C=O) groups excluding carboxylic acids is 1. The molecule has 0 spiro atoms. The monoisotopic (exact) mass is 261 g/mol. The highest BCUT2D eigenvalue weighted by Gasteiger charge is 2.50. The molecule has 17 heavy (non-hydrogen) atoms. The molecule has 0 aromatic rings. The number of halogens is 1. The molecule has 1 saturated heterocycles. The lowest BCUT2D eigenvalue weighted by Crippen LogP contribution is -2.47. The normalized spacial score (nSPS) is 25.4. The molecule has 0 unspecified atom stereocenters. The smallest absolute Gasteiger partial charge is 0.351 e. The van der Waals surface area contributed by atoms with Gasteiger partial charge in [-0.3, -0.25) is 0 Å². The van der Waals surface area contributed by atoms with Crippen molar-refractivity contribution in [3.05, 3.63) is 10.7 Å². The van der Waals surface area contributed by atoms with Gasteiger partial charge in [-0.15, -0.1) is 10.3 Å². The number of hydrogen-bond donors (Lipinski definition) is 1. The SMILES string of the molecule is CCOC(=O)/C(Cl)=C1\NC(C)(C)N([O])C1(C)C. The van der Waals surface area contributed by atoms with Crippen LogP contribution < -0.4 is 5.32 Å². The number of rotatable bonds is 2. The van der Waals surface area contributed by atoms with Crippen LogP contribution in [-0.4, -0.2) is 28.8 Å². The Labute approximate surface area is 106 Å². The van der Waals surface area contributed by atoms with E-state index in [9.17, 15) is 10.0 Å². The fourth-order valence-electron chi connectivity index (χ4n) is 1.93. The second kappa shape index (κ2) is 4.48. The Kier molecular flexibility index (Phi) is 3.76. The van der Waals surface area contributed by atoms with Gasteiger partial charge in [-0.25, -0.2) is 4.79 Å². The maximum absolute atomic E-state index is 12.1. The molecule has 5 nitrogen and oxygen atoms in total. The first-order valence-corrected chi connectivity index (χ1v) is 5.85. The third kappa shape index (κ3) is 2.41. The first-order valence-electron chi connectivity index (χ1n) is 5.47. The summed E-state index contributed by atoms with van der Waals surface area (Å²) >= 11 is 5.97. The van der Waals surface area contributed by atoms with E-state index in [1.807, 2.05) is 0 Å². The molecule has 6 heteroatoms. The van der Waals surface area contributed by atoms with Crippen molar-refractivity contribution in [2.75, 3.05) is 6.61 Å². The van der Waals surface area contributed by atoms with Crippen LogP contribution in [0.1, 0.15) is 34.6 Å². The summed E-state index contributed by atoms with van der Waals surface area (Å²) in [4.78, 5) is 11.6. The molecule has 0 atom stereocenters. The lowest BCUT2D eigenvalue weighted by atomic mass is 10.0. The number of hydroxylamine groups is 2. The number of hydrogen-bond acceptors (Lipinski definition) is 4. The number of esters is 1. The van der Waals surface area contributed by atoms with Gasteiger partial charge in [-0.2, -0.15) is 0 Å². The molecule has 0 aromatic heterocycles. The molecule has 1 N–H and O–H groups in total. The lowest BCUT2D eigenvalue weighted by molar-refractivity contribution is -0.243. The Morgan fingerprint density at radius 3 is 2.29 bits per heavy atom. The van der Waals surface area contributed by atoms with E-state index in [2.05, 4.69) is 5.32 Å². The summed E-state index contributed by atoms with van der Waals surface area (Å²) in [5.74, 6) is -0.615. The largest absolute Gasteiger partial charge is 0.462 e. The van der Waals surface area contributed by atoms with Crippen LogP contribution in [0.4, 0.5) is 0 Å². The van der Waals surface area contributed by atoms with E-state index in [0.29, 0.717) is 5.70 Å². The molecule has 1 fully saturated rings. The molecular formula is C11H18ClN2O3. The molecule has 1 rings (SSSR count). The summed E-state index contributed by atoms with van der Waals surface area (Å²) in [5, 5.41) is 15.8. The number of nitrogens with zero attached hydrogens (tertiary/aromatic N) is 1. The minimum absolute atomic E-state index is 0.0664. The van der Waals surface area contributed by atoms with Crippen molar-refractivity contribution >= 4 is 17.6 Å². The summed E-state index contributed by atoms with van der Waals surface area (Å²) in [6, 6.07) is 0. The van der Waals surface area contributed by atoms with E-state index in [-0.39, 0.29) is 11.6 Å². The van der Waals surface area contributed by atoms with E-state index in [0.717, 1.165) is 5.06 Å². The van der Waals surface area contributed by atoms with Gasteiger partial charge in [0.15, 0.2) is 0 Å². The van der Waals surface area contributed by atoms with Crippen LogP contribution in [-0.2, 0) is 14.7 Å². The predicted molar refractivity (Wildman–Crippen MR) is 63.3 cm³/mol. The molecule has 1 heterocycles. The number of carbonyl (C=O) groups is 1. The standard InChI is InChI=1S/C11H18ClN2O3/c1-6-17-9(15)7(12)8-10(2,3)14(16)11(4,5)13-8/h13H,6H2,1-5H3/b8-7+. The second-order valence-electron chi connectivity index (χ2n) is 4.95. The van der Waals surface area contributed by atoms with Gasteiger partial charge in [-0.1, -0.05) is 11.6 Å². The fourth-order valence-corrected chi connectivity index (χ4v) is 2.26. The third-order valence-corrected chi connectivity index (χ3v) is 3.08. The zero-order valence-electron chi connectivity index (χ0n) is 10.8. The van der Waals surface area contributed by atoms with Crippen LogP contribution in [0.2, 0.25) is 0 Å². The quantitative estimate of drug-likeness (QED) is 0.608. The molecule has 1 aliphatic heterocycles. The Morgan fingerprint density at radius 1 is 1.41 bits per heavy atom. The van der Waals surface area contributed by atoms with Crippen molar-refractivity contribution in [3.8, 4) is 0 Å². The van der Waals surface area contributed by atoms with Gasteiger partial charge in [0, 0.05) is 0 Å². The average molecular weight is 262 g/mol. The summed E-state index contributed by atoms with van der Waals surface area (Å²) in [6.07, 6.45) is 0. The van der Waals surface area contributed by atoms with Crippen LogP contribution in [0.25, 0.3) is 0 Å².